The van der Waals surface area contributed by atoms with E-state index in [0.29, 0.717) is 0 Å². The summed E-state index contributed by atoms with van der Waals surface area (Å²) in [6.45, 7) is 13.9. The van der Waals surface area contributed by atoms with Gasteiger partial charge in [-0.05, 0) is 37.5 Å². The molecule has 0 spiro atoms. The number of isocyanates is 1. The fraction of sp³-hybridized carbons (Fsp3) is 0.333. The Labute approximate surface area is 117 Å². The van der Waals surface area contributed by atoms with Gasteiger partial charge in [0.15, 0.2) is 22.8 Å². The lowest BCUT2D eigenvalue weighted by atomic mass is 9.70. The molecular weight excluding hydrogens is 258 g/mol. The van der Waals surface area contributed by atoms with Crippen LogP contribution in [-0.2, 0) is 19.2 Å². The molecule has 0 bridgehead atoms. The quantitative estimate of drug-likeness (QED) is 0.292. The van der Waals surface area contributed by atoms with E-state index >= 15 is 0 Å². The summed E-state index contributed by atoms with van der Waals surface area (Å²) in [5.74, 6) is -2.38. The summed E-state index contributed by atoms with van der Waals surface area (Å²) in [5.41, 5.74) is -2.12. The van der Waals surface area contributed by atoms with Gasteiger partial charge in [0, 0.05) is 0 Å². The summed E-state index contributed by atoms with van der Waals surface area (Å²) in [5, 5.41) is 0. The third kappa shape index (κ3) is 3.13. The van der Waals surface area contributed by atoms with E-state index in [-0.39, 0.29) is 16.7 Å². The molecule has 0 saturated heterocycles. The van der Waals surface area contributed by atoms with Crippen molar-refractivity contribution in [3.63, 3.8) is 0 Å². The molecule has 0 radical (unpaired) electrons. The fourth-order valence-electron chi connectivity index (χ4n) is 1.77. The van der Waals surface area contributed by atoms with Crippen molar-refractivity contribution in [1.29, 1.82) is 0 Å². The normalized spacial score (nSPS) is 10.2. The van der Waals surface area contributed by atoms with Crippen LogP contribution < -0.4 is 0 Å². The highest BCUT2D eigenvalue weighted by Gasteiger charge is 2.52. The van der Waals surface area contributed by atoms with E-state index in [1.165, 1.54) is 26.9 Å². The molecular formula is C15H17NO4. The van der Waals surface area contributed by atoms with Gasteiger partial charge in [-0.25, -0.2) is 9.79 Å². The zero-order valence-corrected chi connectivity index (χ0v) is 11.9. The van der Waals surface area contributed by atoms with E-state index in [2.05, 4.69) is 24.7 Å². The van der Waals surface area contributed by atoms with Crippen LogP contribution in [0.25, 0.3) is 0 Å². The molecule has 0 saturated carbocycles. The number of rotatable bonds is 8. The molecule has 5 heteroatoms. The van der Waals surface area contributed by atoms with E-state index in [1.807, 2.05) is 0 Å². The number of allylic oxidation sites excluding steroid dienone is 3. The maximum Gasteiger partial charge on any atom is 0.234 e. The molecule has 0 N–H and O–H groups in total. The van der Waals surface area contributed by atoms with Gasteiger partial charge >= 0.3 is 0 Å². The van der Waals surface area contributed by atoms with Crippen molar-refractivity contribution in [3.8, 4) is 0 Å². The Morgan fingerprint density at radius 2 is 1.20 bits per heavy atom. The molecule has 0 aromatic heterocycles. The first-order valence-corrected chi connectivity index (χ1v) is 5.77. The average Bonchev–Trinajstić information content (AvgIpc) is 2.37. The predicted molar refractivity (Wildman–Crippen MR) is 74.9 cm³/mol. The maximum absolute atomic E-state index is 12.3. The van der Waals surface area contributed by atoms with Gasteiger partial charge in [-0.2, -0.15) is 0 Å². The van der Waals surface area contributed by atoms with Crippen LogP contribution in [0.3, 0.4) is 0 Å². The van der Waals surface area contributed by atoms with E-state index < -0.39 is 29.3 Å². The second-order valence-corrected chi connectivity index (χ2v) is 4.64. The van der Waals surface area contributed by atoms with Crippen LogP contribution in [0, 0.1) is 5.41 Å². The molecule has 0 fully saturated rings. The van der Waals surface area contributed by atoms with Crippen LogP contribution in [0.1, 0.15) is 20.8 Å². The maximum atomic E-state index is 12.3. The average molecular weight is 275 g/mol. The van der Waals surface area contributed by atoms with Crippen molar-refractivity contribution >= 4 is 23.4 Å². The number of carbonyl (C=O) groups excluding carboxylic acids is 4. The molecule has 106 valence electrons. The number of hydrogen-bond acceptors (Lipinski definition) is 5. The van der Waals surface area contributed by atoms with Crippen LogP contribution in [0.15, 0.2) is 41.4 Å². The van der Waals surface area contributed by atoms with Crippen LogP contribution in [0.4, 0.5) is 0 Å². The number of nitrogens with zero attached hydrogens (tertiary/aromatic N) is 1. The number of ketones is 3. The fourth-order valence-corrected chi connectivity index (χ4v) is 1.77. The van der Waals surface area contributed by atoms with E-state index in [0.717, 1.165) is 0 Å². The van der Waals surface area contributed by atoms with Crippen molar-refractivity contribution < 1.29 is 19.2 Å². The third-order valence-corrected chi connectivity index (χ3v) is 2.71. The van der Waals surface area contributed by atoms with Gasteiger partial charge in [0.25, 0.3) is 0 Å². The van der Waals surface area contributed by atoms with Crippen LogP contribution in [0.5, 0.6) is 0 Å². The molecule has 0 unspecified atom stereocenters. The summed E-state index contributed by atoms with van der Waals surface area (Å²) in [4.78, 5) is 50.6. The summed E-state index contributed by atoms with van der Waals surface area (Å²) < 4.78 is 0. The zero-order chi connectivity index (χ0) is 16.1. The molecule has 0 atom stereocenters. The molecule has 0 rings (SSSR count). The summed E-state index contributed by atoms with van der Waals surface area (Å²) >= 11 is 0. The molecule has 0 amide bonds. The van der Waals surface area contributed by atoms with Gasteiger partial charge in [-0.3, -0.25) is 14.4 Å². The Balaban J connectivity index is 6.38. The highest BCUT2D eigenvalue weighted by molar-refractivity contribution is 6.34. The summed E-state index contributed by atoms with van der Waals surface area (Å²) in [6.07, 6.45) is 1.23. The minimum atomic E-state index is -2.15. The largest absolute Gasteiger partial charge is 0.293 e. The number of Topliss-reactive ketones (excluding diaryl/α,β-unsaturated/α-hetero) is 3. The summed E-state index contributed by atoms with van der Waals surface area (Å²) in [7, 11) is 0. The van der Waals surface area contributed by atoms with Crippen molar-refractivity contribution in [2.45, 2.75) is 20.8 Å². The molecule has 0 aromatic rings. The number of hydrogen-bond donors (Lipinski definition) is 0. The van der Waals surface area contributed by atoms with Crippen LogP contribution in [0.2, 0.25) is 0 Å². The van der Waals surface area contributed by atoms with Gasteiger partial charge in [-0.1, -0.05) is 19.7 Å². The predicted octanol–water partition coefficient (Wildman–Crippen LogP) is 1.74. The SMILES string of the molecule is C=C(C)C(=O)C(CN=C=O)(C(=O)C(=C)C)C(=O)C(=C)C. The topological polar surface area (TPSA) is 80.6 Å². The van der Waals surface area contributed by atoms with E-state index in [9.17, 15) is 19.2 Å². The monoisotopic (exact) mass is 275 g/mol. The second-order valence-electron chi connectivity index (χ2n) is 4.64. The Bertz CT molecular complexity index is 498. The van der Waals surface area contributed by atoms with Gasteiger partial charge in [0.2, 0.25) is 6.08 Å². The lowest BCUT2D eigenvalue weighted by molar-refractivity contribution is -0.143. The first kappa shape index (κ1) is 17.6. The van der Waals surface area contributed by atoms with Crippen molar-refractivity contribution in [1.82, 2.24) is 0 Å². The Kier molecular flexibility index (Phi) is 5.88. The highest BCUT2D eigenvalue weighted by Crippen LogP contribution is 2.31. The van der Waals surface area contributed by atoms with Gasteiger partial charge in [-0.15, -0.1) is 0 Å². The Morgan fingerprint density at radius 3 is 1.40 bits per heavy atom. The minimum absolute atomic E-state index is 0.00954. The second kappa shape index (κ2) is 6.68. The Morgan fingerprint density at radius 1 is 0.900 bits per heavy atom. The lowest BCUT2D eigenvalue weighted by Gasteiger charge is -2.27. The molecule has 20 heavy (non-hydrogen) atoms. The molecule has 5 nitrogen and oxygen atoms in total. The highest BCUT2D eigenvalue weighted by atomic mass is 16.2. The molecule has 0 aliphatic carbocycles. The minimum Gasteiger partial charge on any atom is -0.293 e. The standard InChI is InChI=1S/C15H17NO4/c1-9(2)12(18)15(7-16-8-17,13(19)10(3)4)14(20)11(5)6/h1,3,5,7H2,2,4,6H3. The van der Waals surface area contributed by atoms with E-state index in [1.54, 1.807) is 0 Å². The zero-order valence-electron chi connectivity index (χ0n) is 11.9. The summed E-state index contributed by atoms with van der Waals surface area (Å²) in [6, 6.07) is 0. The smallest absolute Gasteiger partial charge is 0.234 e. The Hall–Kier alpha value is -2.39. The number of aliphatic imine (C=N–C) groups is 1. The molecule has 0 aliphatic heterocycles. The number of carbonyl (C=O) groups is 3. The molecule has 0 aromatic carbocycles. The van der Waals surface area contributed by atoms with Crippen molar-refractivity contribution in [2.24, 2.45) is 10.4 Å². The first-order chi connectivity index (χ1) is 9.12. The van der Waals surface area contributed by atoms with Crippen LogP contribution >= 0.6 is 0 Å². The van der Waals surface area contributed by atoms with Crippen molar-refractivity contribution in [3.05, 3.63) is 36.5 Å². The van der Waals surface area contributed by atoms with Gasteiger partial charge in [0.05, 0.1) is 6.54 Å². The molecule has 0 aliphatic rings. The van der Waals surface area contributed by atoms with Crippen molar-refractivity contribution in [2.75, 3.05) is 6.54 Å². The van der Waals surface area contributed by atoms with Crippen LogP contribution in [-0.4, -0.2) is 30.0 Å². The lowest BCUT2D eigenvalue weighted by Crippen LogP contribution is -2.50. The van der Waals surface area contributed by atoms with E-state index in [4.69, 9.17) is 0 Å². The first-order valence-electron chi connectivity index (χ1n) is 5.77. The van der Waals surface area contributed by atoms with Gasteiger partial charge < -0.3 is 0 Å². The third-order valence-electron chi connectivity index (χ3n) is 2.71. The molecule has 0 heterocycles. The van der Waals surface area contributed by atoms with Gasteiger partial charge in [0.1, 0.15) is 0 Å².